The molecule has 0 spiro atoms. The zero-order valence-electron chi connectivity index (χ0n) is 10.9. The minimum Gasteiger partial charge on any atom is -0.307 e. The molecule has 1 N–H and O–H groups in total. The fourth-order valence-corrected chi connectivity index (χ4v) is 2.30. The summed E-state index contributed by atoms with van der Waals surface area (Å²) in [6.45, 7) is 0. The number of alkyl halides is 3. The van der Waals surface area contributed by atoms with Crippen molar-refractivity contribution < 1.29 is 13.2 Å². The number of H-pyrrole nitrogens is 1. The van der Waals surface area contributed by atoms with Crippen molar-refractivity contribution in [2.45, 2.75) is 6.18 Å². The Balaban J connectivity index is 2.46. The molecule has 0 aliphatic heterocycles. The number of nitrogens with one attached hydrogen (secondary N) is 1. The van der Waals surface area contributed by atoms with E-state index in [-0.39, 0.29) is 16.7 Å². The molecule has 2 aromatic heterocycles. The molecule has 0 saturated heterocycles. The first-order valence-corrected chi connectivity index (χ1v) is 6.10. The largest absolute Gasteiger partial charge is 0.417 e. The van der Waals surface area contributed by atoms with Crippen LogP contribution in [0, 0.1) is 0 Å². The highest BCUT2D eigenvalue weighted by Crippen LogP contribution is 2.37. The molecule has 7 heteroatoms. The Kier molecular flexibility index (Phi) is 2.86. The molecule has 3 rings (SSSR count). The van der Waals surface area contributed by atoms with Crippen LogP contribution in [0.5, 0.6) is 0 Å². The Morgan fingerprint density at radius 3 is 2.48 bits per heavy atom. The number of aromatic nitrogens is 3. The summed E-state index contributed by atoms with van der Waals surface area (Å²) in [5.74, 6) is 0. The predicted octanol–water partition coefficient (Wildman–Crippen LogP) is 2.95. The van der Waals surface area contributed by atoms with Crippen LogP contribution in [0.2, 0.25) is 0 Å². The summed E-state index contributed by atoms with van der Waals surface area (Å²) in [5, 5.41) is 4.02. The van der Waals surface area contributed by atoms with E-state index in [1.165, 1.54) is 11.7 Å². The lowest BCUT2D eigenvalue weighted by Gasteiger charge is -2.08. The number of benzene rings is 1. The standard InChI is InChI=1S/C14H10F3N3O/c1-20-13-11(9(14(15,16)17)7-10(21)18-13)12(19-20)8-5-3-2-4-6-8/h2-7H,1H3,(H,18,21). The first-order valence-electron chi connectivity index (χ1n) is 6.10. The molecule has 4 nitrogen and oxygen atoms in total. The quantitative estimate of drug-likeness (QED) is 0.750. The molecule has 0 aliphatic rings. The van der Waals surface area contributed by atoms with Crippen LogP contribution in [-0.2, 0) is 13.2 Å². The Morgan fingerprint density at radius 1 is 1.19 bits per heavy atom. The van der Waals surface area contributed by atoms with Gasteiger partial charge in [0, 0.05) is 18.7 Å². The number of nitrogens with zero attached hydrogens (tertiary/aromatic N) is 2. The smallest absolute Gasteiger partial charge is 0.307 e. The second-order valence-corrected chi connectivity index (χ2v) is 4.61. The van der Waals surface area contributed by atoms with E-state index < -0.39 is 17.3 Å². The lowest BCUT2D eigenvalue weighted by Crippen LogP contribution is -2.14. The summed E-state index contributed by atoms with van der Waals surface area (Å²) in [6.07, 6.45) is -4.63. The van der Waals surface area contributed by atoms with E-state index in [1.54, 1.807) is 30.3 Å². The summed E-state index contributed by atoms with van der Waals surface area (Å²) in [4.78, 5) is 13.9. The van der Waals surface area contributed by atoms with Crippen LogP contribution < -0.4 is 5.56 Å². The van der Waals surface area contributed by atoms with E-state index in [1.807, 2.05) is 0 Å². The minimum absolute atomic E-state index is 0.0497. The molecule has 2 heterocycles. The van der Waals surface area contributed by atoms with Crippen molar-refractivity contribution in [2.75, 3.05) is 0 Å². The van der Waals surface area contributed by atoms with Crippen LogP contribution in [0.3, 0.4) is 0 Å². The van der Waals surface area contributed by atoms with Crippen LogP contribution in [0.25, 0.3) is 22.3 Å². The first-order chi connectivity index (χ1) is 9.88. The second kappa shape index (κ2) is 4.47. The molecule has 0 bridgehead atoms. The van der Waals surface area contributed by atoms with E-state index in [2.05, 4.69) is 10.1 Å². The lowest BCUT2D eigenvalue weighted by molar-refractivity contribution is -0.136. The molecule has 0 unspecified atom stereocenters. The molecule has 0 saturated carbocycles. The van der Waals surface area contributed by atoms with Gasteiger partial charge in [-0.05, 0) is 0 Å². The monoisotopic (exact) mass is 293 g/mol. The highest BCUT2D eigenvalue weighted by Gasteiger charge is 2.35. The lowest BCUT2D eigenvalue weighted by atomic mass is 10.1. The molecule has 0 radical (unpaired) electrons. The van der Waals surface area contributed by atoms with Crippen molar-refractivity contribution >= 4 is 11.0 Å². The maximum atomic E-state index is 13.2. The van der Waals surface area contributed by atoms with E-state index in [4.69, 9.17) is 0 Å². The average molecular weight is 293 g/mol. The van der Waals surface area contributed by atoms with Crippen molar-refractivity contribution in [3.05, 3.63) is 52.3 Å². The maximum Gasteiger partial charge on any atom is 0.417 e. The van der Waals surface area contributed by atoms with Gasteiger partial charge in [-0.2, -0.15) is 18.3 Å². The van der Waals surface area contributed by atoms with Crippen LogP contribution >= 0.6 is 0 Å². The van der Waals surface area contributed by atoms with Crippen LogP contribution in [-0.4, -0.2) is 14.8 Å². The summed E-state index contributed by atoms with van der Waals surface area (Å²) in [6, 6.07) is 9.11. The number of fused-ring (bicyclic) bond motifs is 1. The molecule has 0 amide bonds. The van der Waals surface area contributed by atoms with Crippen molar-refractivity contribution in [3.8, 4) is 11.3 Å². The molecule has 108 valence electrons. The van der Waals surface area contributed by atoms with Gasteiger partial charge in [-0.1, -0.05) is 30.3 Å². The predicted molar refractivity (Wildman–Crippen MR) is 71.8 cm³/mol. The zero-order chi connectivity index (χ0) is 15.2. The zero-order valence-corrected chi connectivity index (χ0v) is 10.9. The van der Waals surface area contributed by atoms with E-state index in [0.717, 1.165) is 0 Å². The van der Waals surface area contributed by atoms with Gasteiger partial charge >= 0.3 is 6.18 Å². The highest BCUT2D eigenvalue weighted by molar-refractivity contribution is 5.94. The Morgan fingerprint density at radius 2 is 1.86 bits per heavy atom. The summed E-state index contributed by atoms with van der Waals surface area (Å²) < 4.78 is 40.9. The van der Waals surface area contributed by atoms with Gasteiger partial charge in [0.2, 0.25) is 5.56 Å². The number of rotatable bonds is 1. The molecule has 1 aromatic carbocycles. The molecule has 0 aliphatic carbocycles. The number of hydrogen-bond donors (Lipinski definition) is 1. The van der Waals surface area contributed by atoms with Gasteiger partial charge < -0.3 is 4.98 Å². The van der Waals surface area contributed by atoms with Gasteiger partial charge in [0.15, 0.2) is 0 Å². The highest BCUT2D eigenvalue weighted by atomic mass is 19.4. The SMILES string of the molecule is Cn1nc(-c2ccccc2)c2c(C(F)(F)F)cc(=O)[nH]c21. The molecular formula is C14H10F3N3O. The molecule has 3 aromatic rings. The first kappa shape index (κ1) is 13.4. The van der Waals surface area contributed by atoms with Crippen LogP contribution in [0.15, 0.2) is 41.2 Å². The van der Waals surface area contributed by atoms with E-state index >= 15 is 0 Å². The number of aryl methyl sites for hydroxylation is 1. The summed E-state index contributed by atoms with van der Waals surface area (Å²) in [5.41, 5.74) is -0.989. The number of pyridine rings is 1. The number of hydrogen-bond acceptors (Lipinski definition) is 2. The van der Waals surface area contributed by atoms with Gasteiger partial charge in [0.05, 0.1) is 10.9 Å². The fraction of sp³-hybridized carbons (Fsp3) is 0.143. The van der Waals surface area contributed by atoms with Crippen molar-refractivity contribution in [3.63, 3.8) is 0 Å². The Labute approximate surface area is 116 Å². The van der Waals surface area contributed by atoms with Gasteiger partial charge in [0.1, 0.15) is 11.3 Å². The van der Waals surface area contributed by atoms with E-state index in [0.29, 0.717) is 11.6 Å². The van der Waals surface area contributed by atoms with Crippen molar-refractivity contribution in [1.29, 1.82) is 0 Å². The molecule has 0 atom stereocenters. The summed E-state index contributed by atoms with van der Waals surface area (Å²) >= 11 is 0. The number of halogens is 3. The van der Waals surface area contributed by atoms with Crippen LogP contribution in [0.4, 0.5) is 13.2 Å². The van der Waals surface area contributed by atoms with Crippen molar-refractivity contribution in [1.82, 2.24) is 14.8 Å². The fourth-order valence-electron chi connectivity index (χ4n) is 2.30. The molecule has 21 heavy (non-hydrogen) atoms. The summed E-state index contributed by atoms with van der Waals surface area (Å²) in [7, 11) is 1.49. The third-order valence-corrected chi connectivity index (χ3v) is 3.19. The Hall–Kier alpha value is -2.57. The molecule has 0 fully saturated rings. The maximum absolute atomic E-state index is 13.2. The van der Waals surface area contributed by atoms with Gasteiger partial charge in [-0.25, -0.2) is 0 Å². The minimum atomic E-state index is -4.63. The average Bonchev–Trinajstić information content (AvgIpc) is 2.75. The normalized spacial score (nSPS) is 12.0. The Bertz CT molecular complexity index is 863. The molecular weight excluding hydrogens is 283 g/mol. The van der Waals surface area contributed by atoms with Crippen molar-refractivity contribution in [2.24, 2.45) is 7.05 Å². The van der Waals surface area contributed by atoms with Gasteiger partial charge in [0.25, 0.3) is 0 Å². The topological polar surface area (TPSA) is 50.7 Å². The van der Waals surface area contributed by atoms with Crippen LogP contribution in [0.1, 0.15) is 5.56 Å². The second-order valence-electron chi connectivity index (χ2n) is 4.61. The van der Waals surface area contributed by atoms with Gasteiger partial charge in [-0.3, -0.25) is 9.48 Å². The van der Waals surface area contributed by atoms with Gasteiger partial charge in [-0.15, -0.1) is 0 Å². The third kappa shape index (κ3) is 2.20. The number of aromatic amines is 1. The third-order valence-electron chi connectivity index (χ3n) is 3.19. The van der Waals surface area contributed by atoms with E-state index in [9.17, 15) is 18.0 Å².